The highest BCUT2D eigenvalue weighted by molar-refractivity contribution is 7.09. The van der Waals surface area contributed by atoms with E-state index in [0.717, 1.165) is 21.9 Å². The molecule has 3 aromatic rings. The van der Waals surface area contributed by atoms with Crippen LogP contribution in [0.3, 0.4) is 0 Å². The van der Waals surface area contributed by atoms with Crippen molar-refractivity contribution in [1.82, 2.24) is 19.6 Å². The van der Waals surface area contributed by atoms with Crippen LogP contribution in [0.2, 0.25) is 0 Å². The van der Waals surface area contributed by atoms with Crippen LogP contribution in [0.25, 0.3) is 5.65 Å². The van der Waals surface area contributed by atoms with Crippen molar-refractivity contribution < 1.29 is 0 Å². The molecule has 0 amide bonds. The van der Waals surface area contributed by atoms with Crippen molar-refractivity contribution in [2.75, 3.05) is 5.32 Å². The molecule has 5 nitrogen and oxygen atoms in total. The number of fused-ring (bicyclic) bond motifs is 1. The van der Waals surface area contributed by atoms with E-state index < -0.39 is 0 Å². The van der Waals surface area contributed by atoms with Gasteiger partial charge in [0.15, 0.2) is 5.65 Å². The lowest BCUT2D eigenvalue weighted by molar-refractivity contribution is 0.940. The summed E-state index contributed by atoms with van der Waals surface area (Å²) in [6, 6.07) is 3.99. The van der Waals surface area contributed by atoms with Gasteiger partial charge in [-0.25, -0.2) is 9.50 Å². The van der Waals surface area contributed by atoms with E-state index in [-0.39, 0.29) is 0 Å². The highest BCUT2D eigenvalue weighted by atomic mass is 32.1. The molecule has 0 aliphatic rings. The Balaban J connectivity index is 1.81. The summed E-state index contributed by atoms with van der Waals surface area (Å²) in [5.74, 6) is 0.634. The van der Waals surface area contributed by atoms with Gasteiger partial charge in [0.25, 0.3) is 0 Å². The summed E-state index contributed by atoms with van der Waals surface area (Å²) in [6.07, 6.45) is 1.90. The average Bonchev–Trinajstić information content (AvgIpc) is 2.93. The van der Waals surface area contributed by atoms with Crippen LogP contribution in [-0.4, -0.2) is 19.6 Å². The van der Waals surface area contributed by atoms with Crippen LogP contribution < -0.4 is 5.32 Å². The number of nitrogens with zero attached hydrogens (tertiary/aromatic N) is 4. The number of nitrogens with one attached hydrogen (secondary N) is 1. The van der Waals surface area contributed by atoms with Crippen molar-refractivity contribution in [3.05, 3.63) is 40.0 Å². The zero-order chi connectivity index (χ0) is 12.5. The monoisotopic (exact) mass is 259 g/mol. The predicted octanol–water partition coefficient (Wildman–Crippen LogP) is 2.41. The Morgan fingerprint density at radius 1 is 1.33 bits per heavy atom. The number of hydrogen-bond acceptors (Lipinski definition) is 5. The Labute approximate surface area is 109 Å². The standard InChI is InChI=1S/C12H13N5S/c1-8-4-3-5-17-11(8)15-12(16-17)13-6-10-7-18-9(2)14-10/h3-5,7H,6H2,1-2H3,(H,13,16). The first kappa shape index (κ1) is 11.2. The molecule has 0 fully saturated rings. The molecule has 0 saturated carbocycles. The minimum atomic E-state index is 0.634. The predicted molar refractivity (Wildman–Crippen MR) is 71.9 cm³/mol. The zero-order valence-electron chi connectivity index (χ0n) is 10.2. The molecule has 0 bridgehead atoms. The lowest BCUT2D eigenvalue weighted by Crippen LogP contribution is -2.01. The molecule has 0 atom stereocenters. The highest BCUT2D eigenvalue weighted by Crippen LogP contribution is 2.12. The third kappa shape index (κ3) is 2.06. The molecule has 1 N–H and O–H groups in total. The summed E-state index contributed by atoms with van der Waals surface area (Å²) in [7, 11) is 0. The Hall–Kier alpha value is -1.95. The molecule has 3 rings (SSSR count). The second kappa shape index (κ2) is 4.38. The Morgan fingerprint density at radius 2 is 2.22 bits per heavy atom. The second-order valence-electron chi connectivity index (χ2n) is 4.11. The van der Waals surface area contributed by atoms with E-state index in [2.05, 4.69) is 20.4 Å². The minimum Gasteiger partial charge on any atom is -0.347 e. The number of pyridine rings is 1. The summed E-state index contributed by atoms with van der Waals surface area (Å²) in [5, 5.41) is 10.7. The van der Waals surface area contributed by atoms with Gasteiger partial charge in [-0.05, 0) is 25.5 Å². The molecular weight excluding hydrogens is 246 g/mol. The fraction of sp³-hybridized carbons (Fsp3) is 0.250. The normalized spacial score (nSPS) is 11.0. The number of aromatic nitrogens is 4. The van der Waals surface area contributed by atoms with E-state index in [1.165, 1.54) is 0 Å². The first-order valence-corrected chi connectivity index (χ1v) is 6.57. The highest BCUT2D eigenvalue weighted by Gasteiger charge is 2.05. The SMILES string of the molecule is Cc1nc(CNc2nc3c(C)cccn3n2)cs1. The molecule has 0 unspecified atom stereocenters. The minimum absolute atomic E-state index is 0.634. The van der Waals surface area contributed by atoms with Crippen molar-refractivity contribution >= 4 is 22.9 Å². The number of hydrogen-bond donors (Lipinski definition) is 1. The van der Waals surface area contributed by atoms with Gasteiger partial charge in [-0.15, -0.1) is 16.4 Å². The Morgan fingerprint density at radius 3 is 2.94 bits per heavy atom. The van der Waals surface area contributed by atoms with Gasteiger partial charge in [-0.2, -0.15) is 4.98 Å². The molecule has 0 aliphatic carbocycles. The van der Waals surface area contributed by atoms with Crippen molar-refractivity contribution in [2.24, 2.45) is 0 Å². The van der Waals surface area contributed by atoms with Gasteiger partial charge >= 0.3 is 0 Å². The van der Waals surface area contributed by atoms with Crippen LogP contribution >= 0.6 is 11.3 Å². The van der Waals surface area contributed by atoms with Crippen LogP contribution in [0, 0.1) is 13.8 Å². The van der Waals surface area contributed by atoms with Crippen molar-refractivity contribution in [3.8, 4) is 0 Å². The molecule has 0 spiro atoms. The van der Waals surface area contributed by atoms with Crippen molar-refractivity contribution in [2.45, 2.75) is 20.4 Å². The molecule has 0 aliphatic heterocycles. The van der Waals surface area contributed by atoms with Gasteiger partial charge in [0.05, 0.1) is 17.2 Å². The van der Waals surface area contributed by atoms with E-state index in [1.54, 1.807) is 15.9 Å². The van der Waals surface area contributed by atoms with E-state index >= 15 is 0 Å². The molecule has 0 aromatic carbocycles. The lowest BCUT2D eigenvalue weighted by atomic mass is 10.3. The van der Waals surface area contributed by atoms with E-state index in [4.69, 9.17) is 0 Å². The number of rotatable bonds is 3. The molecule has 92 valence electrons. The topological polar surface area (TPSA) is 55.1 Å². The van der Waals surface area contributed by atoms with Crippen LogP contribution in [0.5, 0.6) is 0 Å². The van der Waals surface area contributed by atoms with E-state index in [0.29, 0.717) is 12.5 Å². The summed E-state index contributed by atoms with van der Waals surface area (Å²) in [5.41, 5.74) is 3.02. The van der Waals surface area contributed by atoms with Gasteiger partial charge in [-0.3, -0.25) is 0 Å². The fourth-order valence-corrected chi connectivity index (χ4v) is 2.39. The average molecular weight is 259 g/mol. The van der Waals surface area contributed by atoms with Crippen molar-refractivity contribution in [1.29, 1.82) is 0 Å². The van der Waals surface area contributed by atoms with Crippen LogP contribution in [-0.2, 0) is 6.54 Å². The third-order valence-electron chi connectivity index (χ3n) is 2.65. The van der Waals surface area contributed by atoms with Crippen LogP contribution in [0.4, 0.5) is 5.95 Å². The largest absolute Gasteiger partial charge is 0.347 e. The lowest BCUT2D eigenvalue weighted by Gasteiger charge is -1.96. The third-order valence-corrected chi connectivity index (χ3v) is 3.47. The zero-order valence-corrected chi connectivity index (χ0v) is 11.0. The second-order valence-corrected chi connectivity index (χ2v) is 5.17. The molecule has 0 radical (unpaired) electrons. The van der Waals surface area contributed by atoms with Gasteiger partial charge < -0.3 is 5.32 Å². The first-order valence-electron chi connectivity index (χ1n) is 5.69. The first-order chi connectivity index (χ1) is 8.72. The van der Waals surface area contributed by atoms with E-state index in [1.807, 2.05) is 37.6 Å². The smallest absolute Gasteiger partial charge is 0.243 e. The number of aryl methyl sites for hydroxylation is 2. The fourth-order valence-electron chi connectivity index (χ4n) is 1.77. The Kier molecular flexibility index (Phi) is 2.71. The maximum Gasteiger partial charge on any atom is 0.243 e. The summed E-state index contributed by atoms with van der Waals surface area (Å²) in [4.78, 5) is 8.84. The summed E-state index contributed by atoms with van der Waals surface area (Å²) >= 11 is 1.65. The maximum atomic E-state index is 4.45. The van der Waals surface area contributed by atoms with Gasteiger partial charge in [-0.1, -0.05) is 6.07 Å². The molecule has 6 heteroatoms. The quantitative estimate of drug-likeness (QED) is 0.784. The molecule has 18 heavy (non-hydrogen) atoms. The van der Waals surface area contributed by atoms with Gasteiger partial charge in [0, 0.05) is 11.6 Å². The maximum absolute atomic E-state index is 4.45. The molecule has 3 aromatic heterocycles. The Bertz CT molecular complexity index is 685. The van der Waals surface area contributed by atoms with Crippen LogP contribution in [0.1, 0.15) is 16.3 Å². The van der Waals surface area contributed by atoms with Crippen molar-refractivity contribution in [3.63, 3.8) is 0 Å². The van der Waals surface area contributed by atoms with Gasteiger partial charge in [0.1, 0.15) is 0 Å². The van der Waals surface area contributed by atoms with Crippen LogP contribution in [0.15, 0.2) is 23.7 Å². The molecule has 3 heterocycles. The van der Waals surface area contributed by atoms with E-state index in [9.17, 15) is 0 Å². The number of thiazole rings is 1. The summed E-state index contributed by atoms with van der Waals surface area (Å²) in [6.45, 7) is 4.68. The number of anilines is 1. The molecule has 0 saturated heterocycles. The molecular formula is C12H13N5S. The summed E-state index contributed by atoms with van der Waals surface area (Å²) < 4.78 is 1.78. The van der Waals surface area contributed by atoms with Gasteiger partial charge in [0.2, 0.25) is 5.95 Å².